The van der Waals surface area contributed by atoms with E-state index < -0.39 is 0 Å². The average Bonchev–Trinajstić information content (AvgIpc) is 3.28. The van der Waals surface area contributed by atoms with E-state index in [1.807, 2.05) is 0 Å². The van der Waals surface area contributed by atoms with Crippen LogP contribution in [-0.4, -0.2) is 30.4 Å². The normalized spacial score (nSPS) is 15.3. The van der Waals surface area contributed by atoms with E-state index >= 15 is 0 Å². The molecule has 0 spiro atoms. The minimum Gasteiger partial charge on any atom is -0.451 e. The number of benzene rings is 2. The Kier molecular flexibility index (Phi) is 7.42. The summed E-state index contributed by atoms with van der Waals surface area (Å²) in [7, 11) is 0. The molecule has 1 aliphatic rings. The maximum Gasteiger partial charge on any atom is 0.287 e. The van der Waals surface area contributed by atoms with Crippen molar-refractivity contribution in [2.75, 3.05) is 19.6 Å². The van der Waals surface area contributed by atoms with Gasteiger partial charge < -0.3 is 9.73 Å². The summed E-state index contributed by atoms with van der Waals surface area (Å²) in [5, 5.41) is 3.48. The van der Waals surface area contributed by atoms with Crippen molar-refractivity contribution in [2.24, 2.45) is 0 Å². The van der Waals surface area contributed by atoms with Crippen LogP contribution in [0.2, 0.25) is 0 Å². The van der Waals surface area contributed by atoms with Gasteiger partial charge >= 0.3 is 0 Å². The SMILES string of the molecule is CC(C)(C)c1ccc(C(CNC(=O)c2cc(=O)c3ccccc3o2)N2CCCC2)cc1.Cl. The molecule has 1 N–H and O–H groups in total. The third-order valence-electron chi connectivity index (χ3n) is 6.06. The molecule has 0 aliphatic carbocycles. The Bertz CT molecular complexity index is 1130. The van der Waals surface area contributed by atoms with Crippen molar-refractivity contribution in [1.29, 1.82) is 0 Å². The molecule has 1 amide bonds. The molecule has 1 fully saturated rings. The minimum atomic E-state index is -0.363. The topological polar surface area (TPSA) is 62.6 Å². The molecule has 2 aromatic carbocycles. The van der Waals surface area contributed by atoms with Gasteiger partial charge in [-0.1, -0.05) is 57.2 Å². The molecule has 2 heterocycles. The lowest BCUT2D eigenvalue weighted by atomic mass is 9.86. The van der Waals surface area contributed by atoms with E-state index in [0.29, 0.717) is 17.5 Å². The standard InChI is InChI=1S/C26H30N2O3.ClH/c1-26(2,3)19-12-10-18(11-13-19)21(28-14-6-7-15-28)17-27-25(30)24-16-22(29)20-8-4-5-9-23(20)31-24;/h4-5,8-13,16,21H,6-7,14-15,17H2,1-3H3,(H,27,30);1H. The maximum absolute atomic E-state index is 12.8. The number of para-hydroxylation sites is 1. The molecule has 6 heteroatoms. The first kappa shape index (κ1) is 24.0. The Balaban J connectivity index is 0.00000289. The van der Waals surface area contributed by atoms with Crippen LogP contribution < -0.4 is 10.7 Å². The number of nitrogens with zero attached hydrogens (tertiary/aromatic N) is 1. The maximum atomic E-state index is 12.8. The van der Waals surface area contributed by atoms with Gasteiger partial charge in [0, 0.05) is 12.6 Å². The molecule has 4 rings (SSSR count). The Morgan fingerprint density at radius 3 is 2.38 bits per heavy atom. The molecular formula is C26H31ClN2O3. The Hall–Kier alpha value is -2.63. The van der Waals surface area contributed by atoms with Gasteiger partial charge in [-0.25, -0.2) is 0 Å². The first-order valence-electron chi connectivity index (χ1n) is 11.0. The van der Waals surface area contributed by atoms with Crippen LogP contribution in [0.25, 0.3) is 11.0 Å². The summed E-state index contributed by atoms with van der Waals surface area (Å²) in [6.07, 6.45) is 2.34. The van der Waals surface area contributed by atoms with Gasteiger partial charge in [0.1, 0.15) is 5.58 Å². The minimum absolute atomic E-state index is 0. The first-order chi connectivity index (χ1) is 14.8. The van der Waals surface area contributed by atoms with Crippen molar-refractivity contribution >= 4 is 29.3 Å². The zero-order chi connectivity index (χ0) is 22.0. The van der Waals surface area contributed by atoms with Crippen molar-refractivity contribution in [2.45, 2.75) is 45.1 Å². The highest BCUT2D eigenvalue weighted by atomic mass is 35.5. The monoisotopic (exact) mass is 454 g/mol. The quantitative estimate of drug-likeness (QED) is 0.584. The Labute approximate surface area is 195 Å². The van der Waals surface area contributed by atoms with Crippen molar-refractivity contribution in [3.05, 3.63) is 81.7 Å². The second-order valence-electron chi connectivity index (χ2n) is 9.31. The third kappa shape index (κ3) is 5.22. The van der Waals surface area contributed by atoms with Crippen molar-refractivity contribution in [3.8, 4) is 0 Å². The lowest BCUT2D eigenvalue weighted by molar-refractivity contribution is 0.0910. The molecule has 1 aliphatic heterocycles. The van der Waals surface area contributed by atoms with Crippen molar-refractivity contribution < 1.29 is 9.21 Å². The summed E-state index contributed by atoms with van der Waals surface area (Å²) in [6.45, 7) is 9.12. The first-order valence-corrected chi connectivity index (χ1v) is 11.0. The molecule has 170 valence electrons. The van der Waals surface area contributed by atoms with Crippen LogP contribution in [0.15, 0.2) is 63.8 Å². The van der Waals surface area contributed by atoms with Gasteiger partial charge in [0.2, 0.25) is 0 Å². The summed E-state index contributed by atoms with van der Waals surface area (Å²) in [5.41, 5.74) is 2.80. The van der Waals surface area contributed by atoms with E-state index in [9.17, 15) is 9.59 Å². The summed E-state index contributed by atoms with van der Waals surface area (Å²) in [6, 6.07) is 17.1. The van der Waals surface area contributed by atoms with Gasteiger partial charge in [-0.15, -0.1) is 12.4 Å². The fourth-order valence-corrected chi connectivity index (χ4v) is 4.21. The number of carbonyl (C=O) groups is 1. The predicted molar refractivity (Wildman–Crippen MR) is 131 cm³/mol. The van der Waals surface area contributed by atoms with Gasteiger partial charge in [-0.3, -0.25) is 14.5 Å². The van der Waals surface area contributed by atoms with Crippen LogP contribution >= 0.6 is 12.4 Å². The molecule has 0 bridgehead atoms. The summed E-state index contributed by atoms with van der Waals surface area (Å²) in [5.74, 6) is -0.315. The molecule has 0 saturated carbocycles. The van der Waals surface area contributed by atoms with Gasteiger partial charge in [0.25, 0.3) is 5.91 Å². The second-order valence-corrected chi connectivity index (χ2v) is 9.31. The van der Waals surface area contributed by atoms with Crippen LogP contribution in [0.5, 0.6) is 0 Å². The second kappa shape index (κ2) is 9.88. The highest BCUT2D eigenvalue weighted by Gasteiger charge is 2.25. The number of rotatable bonds is 5. The molecule has 1 unspecified atom stereocenters. The Morgan fingerprint density at radius 2 is 1.72 bits per heavy atom. The molecule has 3 aromatic rings. The molecule has 0 radical (unpaired) electrons. The van der Waals surface area contributed by atoms with Gasteiger partial charge in [-0.05, 0) is 54.6 Å². The number of halogens is 1. The summed E-state index contributed by atoms with van der Waals surface area (Å²) >= 11 is 0. The molecular weight excluding hydrogens is 424 g/mol. The van der Waals surface area contributed by atoms with Crippen LogP contribution in [0, 0.1) is 0 Å². The van der Waals surface area contributed by atoms with Crippen molar-refractivity contribution in [3.63, 3.8) is 0 Å². The molecule has 1 atom stereocenters. The summed E-state index contributed by atoms with van der Waals surface area (Å²) < 4.78 is 5.70. The fraction of sp³-hybridized carbons (Fsp3) is 0.385. The van der Waals surface area contributed by atoms with E-state index in [1.54, 1.807) is 24.3 Å². The van der Waals surface area contributed by atoms with E-state index in [4.69, 9.17) is 4.42 Å². The van der Waals surface area contributed by atoms with Crippen LogP contribution in [0.1, 0.15) is 61.3 Å². The fourth-order valence-electron chi connectivity index (χ4n) is 4.21. The zero-order valence-electron chi connectivity index (χ0n) is 18.9. The number of fused-ring (bicyclic) bond motifs is 1. The number of hydrogen-bond donors (Lipinski definition) is 1. The van der Waals surface area contributed by atoms with Gasteiger partial charge in [0.15, 0.2) is 11.2 Å². The van der Waals surface area contributed by atoms with Gasteiger partial charge in [0.05, 0.1) is 11.4 Å². The number of nitrogens with one attached hydrogen (secondary N) is 1. The number of hydrogen-bond acceptors (Lipinski definition) is 4. The number of amides is 1. The van der Waals surface area contributed by atoms with Crippen LogP contribution in [0.3, 0.4) is 0 Å². The zero-order valence-corrected chi connectivity index (χ0v) is 19.7. The summed E-state index contributed by atoms with van der Waals surface area (Å²) in [4.78, 5) is 27.6. The smallest absolute Gasteiger partial charge is 0.287 e. The predicted octanol–water partition coefficient (Wildman–Crippen LogP) is 5.08. The highest BCUT2D eigenvalue weighted by molar-refractivity contribution is 5.93. The third-order valence-corrected chi connectivity index (χ3v) is 6.06. The number of likely N-dealkylation sites (tertiary alicyclic amines) is 1. The highest BCUT2D eigenvalue weighted by Crippen LogP contribution is 2.28. The largest absolute Gasteiger partial charge is 0.451 e. The molecule has 1 saturated heterocycles. The lowest BCUT2D eigenvalue weighted by Gasteiger charge is -2.29. The van der Waals surface area contributed by atoms with E-state index in [0.717, 1.165) is 13.1 Å². The molecule has 1 aromatic heterocycles. The Morgan fingerprint density at radius 1 is 1.06 bits per heavy atom. The van der Waals surface area contributed by atoms with E-state index in [-0.39, 0.29) is 41.0 Å². The molecule has 32 heavy (non-hydrogen) atoms. The average molecular weight is 455 g/mol. The number of carbonyl (C=O) groups excluding carboxylic acids is 1. The molecule has 5 nitrogen and oxygen atoms in total. The van der Waals surface area contributed by atoms with E-state index in [2.05, 4.69) is 55.3 Å². The van der Waals surface area contributed by atoms with Crippen LogP contribution in [-0.2, 0) is 5.41 Å². The van der Waals surface area contributed by atoms with Gasteiger partial charge in [-0.2, -0.15) is 0 Å². The van der Waals surface area contributed by atoms with Crippen molar-refractivity contribution in [1.82, 2.24) is 10.2 Å². The van der Waals surface area contributed by atoms with E-state index in [1.165, 1.54) is 30.0 Å². The lowest BCUT2D eigenvalue weighted by Crippen LogP contribution is -2.37. The van der Waals surface area contributed by atoms with Crippen LogP contribution in [0.4, 0.5) is 0 Å².